The molecule has 9 nitrogen and oxygen atoms in total. The van der Waals surface area contributed by atoms with Crippen LogP contribution >= 0.6 is 12.2 Å². The average Bonchev–Trinajstić information content (AvgIpc) is 3.40. The number of thiocarbonyl (C=S) groups is 1. The second-order valence-corrected chi connectivity index (χ2v) is 8.77. The number of para-hydroxylation sites is 2. The molecule has 5 rings (SSSR count). The summed E-state index contributed by atoms with van der Waals surface area (Å²) in [5, 5.41) is 17.6. The number of hydrogen-bond donors (Lipinski definition) is 2. The summed E-state index contributed by atoms with van der Waals surface area (Å²) >= 11 is 5.32. The van der Waals surface area contributed by atoms with Gasteiger partial charge in [0.15, 0.2) is 10.9 Å². The molecule has 0 atom stereocenters. The summed E-state index contributed by atoms with van der Waals surface area (Å²) in [5.41, 5.74) is 2.56. The topological polar surface area (TPSA) is 128 Å². The summed E-state index contributed by atoms with van der Waals surface area (Å²) in [4.78, 5) is 36.1. The number of nitro groups is 1. The molecule has 38 heavy (non-hydrogen) atoms. The molecule has 10 heteroatoms. The van der Waals surface area contributed by atoms with Gasteiger partial charge in [-0.1, -0.05) is 42.5 Å². The number of amides is 1. The molecule has 0 unspecified atom stereocenters. The molecule has 188 valence electrons. The standard InChI is InChI=1S/C28H19N3O6S/c1-16-10-11-17(20-14-18-6-2-5-9-23(18)37-27(20)33)15-21(16)29-28(38)30-26(32)25-13-12-24(36-25)19-7-3-4-8-22(19)31(34)35/h2-15H,1H3,(H2,29,30,32,38). The number of furan rings is 1. The van der Waals surface area contributed by atoms with Gasteiger partial charge in [0.1, 0.15) is 11.3 Å². The lowest BCUT2D eigenvalue weighted by atomic mass is 10.0. The molecule has 3 aromatic carbocycles. The monoisotopic (exact) mass is 525 g/mol. The molecule has 0 bridgehead atoms. The Labute approximate surface area is 220 Å². The maximum Gasteiger partial charge on any atom is 0.344 e. The molecule has 5 aromatic rings. The van der Waals surface area contributed by atoms with Gasteiger partial charge in [-0.3, -0.25) is 20.2 Å². The van der Waals surface area contributed by atoms with E-state index >= 15 is 0 Å². The number of aryl methyl sites for hydroxylation is 1. The van der Waals surface area contributed by atoms with E-state index in [1.54, 1.807) is 42.5 Å². The van der Waals surface area contributed by atoms with E-state index in [0.717, 1.165) is 10.9 Å². The molecular formula is C28H19N3O6S. The highest BCUT2D eigenvalue weighted by Crippen LogP contribution is 2.31. The molecule has 2 aromatic heterocycles. The van der Waals surface area contributed by atoms with Crippen LogP contribution in [0.25, 0.3) is 33.4 Å². The minimum Gasteiger partial charge on any atom is -0.451 e. The van der Waals surface area contributed by atoms with E-state index in [0.29, 0.717) is 22.4 Å². The SMILES string of the molecule is Cc1ccc(-c2cc3ccccc3oc2=O)cc1NC(=S)NC(=O)c1ccc(-c2ccccc2[N+](=O)[O-])o1. The van der Waals surface area contributed by atoms with Gasteiger partial charge in [0.2, 0.25) is 0 Å². The summed E-state index contributed by atoms with van der Waals surface area (Å²) in [5.74, 6) is -0.517. The number of hydrogen-bond acceptors (Lipinski definition) is 7. The Kier molecular flexibility index (Phi) is 6.55. The minimum atomic E-state index is -0.628. The molecule has 1 amide bonds. The van der Waals surface area contributed by atoms with E-state index in [2.05, 4.69) is 10.6 Å². The van der Waals surface area contributed by atoms with Crippen molar-refractivity contribution in [3.8, 4) is 22.5 Å². The van der Waals surface area contributed by atoms with Crippen molar-refractivity contribution in [1.29, 1.82) is 0 Å². The van der Waals surface area contributed by atoms with Gasteiger partial charge in [-0.15, -0.1) is 0 Å². The second kappa shape index (κ2) is 10.1. The molecule has 2 N–H and O–H groups in total. The van der Waals surface area contributed by atoms with Crippen molar-refractivity contribution >= 4 is 45.6 Å². The van der Waals surface area contributed by atoms with Gasteiger partial charge in [-0.2, -0.15) is 0 Å². The lowest BCUT2D eigenvalue weighted by molar-refractivity contribution is -0.384. The van der Waals surface area contributed by atoms with Gasteiger partial charge < -0.3 is 14.2 Å². The summed E-state index contributed by atoms with van der Waals surface area (Å²) in [6.07, 6.45) is 0. The van der Waals surface area contributed by atoms with E-state index < -0.39 is 16.5 Å². The van der Waals surface area contributed by atoms with Gasteiger partial charge in [-0.25, -0.2) is 4.79 Å². The van der Waals surface area contributed by atoms with Crippen LogP contribution < -0.4 is 16.3 Å². The Balaban J connectivity index is 1.34. The summed E-state index contributed by atoms with van der Waals surface area (Å²) in [6.45, 7) is 1.85. The fraction of sp³-hybridized carbons (Fsp3) is 0.0357. The Morgan fingerprint density at radius 3 is 2.50 bits per heavy atom. The van der Waals surface area contributed by atoms with E-state index in [4.69, 9.17) is 21.1 Å². The molecule has 2 heterocycles. The average molecular weight is 526 g/mol. The van der Waals surface area contributed by atoms with Crippen molar-refractivity contribution in [2.24, 2.45) is 0 Å². The highest BCUT2D eigenvalue weighted by atomic mass is 32.1. The first kappa shape index (κ1) is 24.6. The minimum absolute atomic E-state index is 0.00411. The third-order valence-electron chi connectivity index (χ3n) is 5.86. The van der Waals surface area contributed by atoms with Crippen LogP contribution in [0.4, 0.5) is 11.4 Å². The zero-order valence-corrected chi connectivity index (χ0v) is 20.7. The number of nitrogens with zero attached hydrogens (tertiary/aromatic N) is 1. The van der Waals surface area contributed by atoms with Gasteiger partial charge in [0.05, 0.1) is 16.1 Å². The largest absolute Gasteiger partial charge is 0.451 e. The Bertz CT molecular complexity index is 1790. The van der Waals surface area contributed by atoms with Crippen LogP contribution in [0, 0.1) is 17.0 Å². The van der Waals surface area contributed by atoms with Gasteiger partial charge in [0.25, 0.3) is 11.6 Å². The first-order chi connectivity index (χ1) is 18.3. The number of carbonyl (C=O) groups is 1. The zero-order valence-electron chi connectivity index (χ0n) is 19.9. The van der Waals surface area contributed by atoms with Crippen molar-refractivity contribution in [3.05, 3.63) is 117 Å². The third-order valence-corrected chi connectivity index (χ3v) is 6.07. The fourth-order valence-electron chi connectivity index (χ4n) is 3.95. The first-order valence-electron chi connectivity index (χ1n) is 11.4. The Morgan fingerprint density at radius 1 is 0.921 bits per heavy atom. The van der Waals surface area contributed by atoms with Crippen molar-refractivity contribution in [2.45, 2.75) is 6.92 Å². The van der Waals surface area contributed by atoms with Crippen LogP contribution in [0.1, 0.15) is 16.1 Å². The smallest absolute Gasteiger partial charge is 0.344 e. The first-order valence-corrected chi connectivity index (χ1v) is 11.8. The molecule has 0 aliphatic carbocycles. The maximum atomic E-state index is 12.7. The van der Waals surface area contributed by atoms with E-state index in [1.165, 1.54) is 24.3 Å². The predicted octanol–water partition coefficient (Wildman–Crippen LogP) is 6.06. The highest BCUT2D eigenvalue weighted by Gasteiger charge is 2.20. The second-order valence-electron chi connectivity index (χ2n) is 8.36. The molecule has 0 radical (unpaired) electrons. The number of anilines is 1. The Hall–Kier alpha value is -5.09. The molecule has 0 fully saturated rings. The predicted molar refractivity (Wildman–Crippen MR) is 147 cm³/mol. The van der Waals surface area contributed by atoms with Crippen LogP contribution in [-0.2, 0) is 0 Å². The molecule has 0 aliphatic rings. The van der Waals surface area contributed by atoms with E-state index in [9.17, 15) is 19.7 Å². The van der Waals surface area contributed by atoms with Crippen LogP contribution in [0.15, 0.2) is 98.6 Å². The number of fused-ring (bicyclic) bond motifs is 1. The van der Waals surface area contributed by atoms with Crippen LogP contribution in [-0.4, -0.2) is 15.9 Å². The molecule has 0 aliphatic heterocycles. The summed E-state index contributed by atoms with van der Waals surface area (Å²) in [6, 6.07) is 23.4. The van der Waals surface area contributed by atoms with Gasteiger partial charge in [0, 0.05) is 17.1 Å². The normalized spacial score (nSPS) is 10.8. The summed E-state index contributed by atoms with van der Waals surface area (Å²) in [7, 11) is 0. The van der Waals surface area contributed by atoms with Gasteiger partial charge >= 0.3 is 5.63 Å². The van der Waals surface area contributed by atoms with Crippen LogP contribution in [0.3, 0.4) is 0 Å². The van der Waals surface area contributed by atoms with Crippen molar-refractivity contribution in [3.63, 3.8) is 0 Å². The van der Waals surface area contributed by atoms with Crippen molar-refractivity contribution < 1.29 is 18.6 Å². The van der Waals surface area contributed by atoms with Crippen molar-refractivity contribution in [2.75, 3.05) is 5.32 Å². The fourth-order valence-corrected chi connectivity index (χ4v) is 4.15. The maximum absolute atomic E-state index is 12.7. The lowest BCUT2D eigenvalue weighted by Gasteiger charge is -2.13. The van der Waals surface area contributed by atoms with Crippen LogP contribution in [0.5, 0.6) is 0 Å². The number of benzene rings is 3. The van der Waals surface area contributed by atoms with E-state index in [1.807, 2.05) is 25.1 Å². The van der Waals surface area contributed by atoms with E-state index in [-0.39, 0.29) is 27.9 Å². The third kappa shape index (κ3) is 4.93. The Morgan fingerprint density at radius 2 is 1.68 bits per heavy atom. The number of nitro benzene ring substituents is 1. The molecular weight excluding hydrogens is 506 g/mol. The lowest BCUT2D eigenvalue weighted by Crippen LogP contribution is -2.34. The van der Waals surface area contributed by atoms with Crippen molar-refractivity contribution in [1.82, 2.24) is 5.32 Å². The number of rotatable bonds is 5. The number of carbonyl (C=O) groups excluding carboxylic acids is 1. The quantitative estimate of drug-likeness (QED) is 0.123. The number of nitrogens with one attached hydrogen (secondary N) is 2. The molecule has 0 saturated carbocycles. The molecule has 0 spiro atoms. The summed E-state index contributed by atoms with van der Waals surface area (Å²) < 4.78 is 11.0. The highest BCUT2D eigenvalue weighted by molar-refractivity contribution is 7.80. The van der Waals surface area contributed by atoms with Gasteiger partial charge in [-0.05, 0) is 66.7 Å². The van der Waals surface area contributed by atoms with Crippen LogP contribution in [0.2, 0.25) is 0 Å². The zero-order chi connectivity index (χ0) is 26.8. The molecule has 0 saturated heterocycles.